The number of aliphatic hydroxyl groups is 1. The summed E-state index contributed by atoms with van der Waals surface area (Å²) in [4.78, 5) is 4.41. The van der Waals surface area contributed by atoms with Crippen LogP contribution >= 0.6 is 0 Å². The van der Waals surface area contributed by atoms with Gasteiger partial charge in [-0.3, -0.25) is 0 Å². The Bertz CT molecular complexity index is 684. The minimum absolute atomic E-state index is 0.00592. The molecule has 4 nitrogen and oxygen atoms in total. The van der Waals surface area contributed by atoms with Gasteiger partial charge in [-0.25, -0.2) is 0 Å². The van der Waals surface area contributed by atoms with E-state index in [0.29, 0.717) is 13.2 Å². The van der Waals surface area contributed by atoms with E-state index in [0.717, 1.165) is 26.2 Å². The maximum Gasteiger partial charge on any atom is 0.109 e. The van der Waals surface area contributed by atoms with Gasteiger partial charge < -0.3 is 19.6 Å². The Balaban J connectivity index is 1.53. The van der Waals surface area contributed by atoms with E-state index in [2.05, 4.69) is 72.2 Å². The van der Waals surface area contributed by atoms with E-state index in [-0.39, 0.29) is 12.2 Å². The fraction of sp³-hybridized carbons (Fsp3) is 0.478. The predicted molar refractivity (Wildman–Crippen MR) is 111 cm³/mol. The van der Waals surface area contributed by atoms with Gasteiger partial charge in [-0.05, 0) is 42.4 Å². The van der Waals surface area contributed by atoms with E-state index in [1.807, 2.05) is 7.05 Å². The molecule has 0 spiro atoms. The minimum Gasteiger partial charge on any atom is -0.390 e. The molecule has 146 valence electrons. The average Bonchev–Trinajstić information content (AvgIpc) is 3.00. The summed E-state index contributed by atoms with van der Waals surface area (Å²) in [6.45, 7) is 9.04. The topological polar surface area (TPSA) is 35.9 Å². The molecule has 27 heavy (non-hydrogen) atoms. The molecule has 0 saturated carbocycles. The number of aliphatic hydroxyl groups excluding tert-OH is 1. The number of benzene rings is 2. The number of ether oxygens (including phenoxy) is 1. The summed E-state index contributed by atoms with van der Waals surface area (Å²) in [5, 5.41) is 10.3. The Hall–Kier alpha value is -1.72. The summed E-state index contributed by atoms with van der Waals surface area (Å²) < 4.78 is 6.30. The summed E-state index contributed by atoms with van der Waals surface area (Å²) >= 11 is 0. The highest BCUT2D eigenvalue weighted by Gasteiger charge is 2.28. The van der Waals surface area contributed by atoms with Crippen molar-refractivity contribution in [3.63, 3.8) is 0 Å². The normalized spacial score (nSPS) is 14.6. The van der Waals surface area contributed by atoms with E-state index in [1.54, 1.807) is 0 Å². The number of nitrogens with zero attached hydrogens (tertiary/aromatic N) is 2. The summed E-state index contributed by atoms with van der Waals surface area (Å²) in [7, 11) is 2.05. The lowest BCUT2D eigenvalue weighted by Gasteiger charge is -2.26. The Morgan fingerprint density at radius 2 is 1.48 bits per heavy atom. The Morgan fingerprint density at radius 1 is 0.926 bits per heavy atom. The molecule has 3 rings (SSSR count). The predicted octanol–water partition coefficient (Wildman–Crippen LogP) is 3.41. The smallest absolute Gasteiger partial charge is 0.109 e. The van der Waals surface area contributed by atoms with E-state index >= 15 is 0 Å². The molecule has 1 atom stereocenters. The molecule has 0 saturated heterocycles. The van der Waals surface area contributed by atoms with Gasteiger partial charge in [0.05, 0.1) is 12.7 Å². The maximum absolute atomic E-state index is 10.3. The third-order valence-corrected chi connectivity index (χ3v) is 5.42. The summed E-state index contributed by atoms with van der Waals surface area (Å²) in [6.07, 6.45) is -0.325. The fourth-order valence-corrected chi connectivity index (χ4v) is 3.90. The van der Waals surface area contributed by atoms with E-state index in [1.165, 1.54) is 22.3 Å². The zero-order valence-corrected chi connectivity index (χ0v) is 16.8. The van der Waals surface area contributed by atoms with Crippen molar-refractivity contribution in [2.75, 3.05) is 46.4 Å². The van der Waals surface area contributed by atoms with Crippen LogP contribution in [0.25, 0.3) is 11.1 Å². The highest BCUT2D eigenvalue weighted by Crippen LogP contribution is 2.44. The SMILES string of the molecule is CCN(CC)CC(O)CN(C)CCOC1c2ccccc2-c2ccccc21. The number of hydrogen-bond acceptors (Lipinski definition) is 4. The lowest BCUT2D eigenvalue weighted by atomic mass is 10.1. The zero-order valence-electron chi connectivity index (χ0n) is 16.8. The van der Waals surface area contributed by atoms with Crippen molar-refractivity contribution in [1.82, 2.24) is 9.80 Å². The third kappa shape index (κ3) is 4.77. The fourth-order valence-electron chi connectivity index (χ4n) is 3.90. The molecule has 0 fully saturated rings. The number of rotatable bonds is 10. The summed E-state index contributed by atoms with van der Waals surface area (Å²) in [5.74, 6) is 0. The van der Waals surface area contributed by atoms with Crippen LogP contribution in [0.1, 0.15) is 31.1 Å². The molecule has 0 bridgehead atoms. The van der Waals surface area contributed by atoms with Crippen molar-refractivity contribution < 1.29 is 9.84 Å². The van der Waals surface area contributed by atoms with Gasteiger partial charge in [-0.1, -0.05) is 62.4 Å². The minimum atomic E-state index is -0.331. The number of hydrogen-bond donors (Lipinski definition) is 1. The van der Waals surface area contributed by atoms with Crippen molar-refractivity contribution in [2.45, 2.75) is 26.1 Å². The Morgan fingerprint density at radius 3 is 2.04 bits per heavy atom. The van der Waals surface area contributed by atoms with Crippen molar-refractivity contribution in [3.05, 3.63) is 59.7 Å². The molecule has 2 aromatic rings. The van der Waals surface area contributed by atoms with Crippen LogP contribution in [0.15, 0.2) is 48.5 Å². The molecular weight excluding hydrogens is 336 g/mol. The first-order chi connectivity index (χ1) is 13.1. The van der Waals surface area contributed by atoms with Gasteiger partial charge in [-0.2, -0.15) is 0 Å². The summed E-state index contributed by atoms with van der Waals surface area (Å²) in [5.41, 5.74) is 5.06. The maximum atomic E-state index is 10.3. The van der Waals surface area contributed by atoms with Crippen LogP contribution < -0.4 is 0 Å². The van der Waals surface area contributed by atoms with E-state index < -0.39 is 0 Å². The third-order valence-electron chi connectivity index (χ3n) is 5.42. The second-order valence-electron chi connectivity index (χ2n) is 7.33. The van der Waals surface area contributed by atoms with Crippen LogP contribution in [0.5, 0.6) is 0 Å². The highest BCUT2D eigenvalue weighted by molar-refractivity contribution is 5.77. The van der Waals surface area contributed by atoms with Gasteiger partial charge >= 0.3 is 0 Å². The molecule has 0 aromatic heterocycles. The van der Waals surface area contributed by atoms with Gasteiger partial charge in [0.15, 0.2) is 0 Å². The van der Waals surface area contributed by atoms with Crippen molar-refractivity contribution in [3.8, 4) is 11.1 Å². The van der Waals surface area contributed by atoms with E-state index in [4.69, 9.17) is 4.74 Å². The quantitative estimate of drug-likeness (QED) is 0.697. The number of likely N-dealkylation sites (N-methyl/N-ethyl adjacent to an activating group) is 2. The molecule has 0 aliphatic heterocycles. The summed E-state index contributed by atoms with van der Waals surface area (Å²) in [6, 6.07) is 17.0. The zero-order chi connectivity index (χ0) is 19.2. The van der Waals surface area contributed by atoms with Crippen LogP contribution in [-0.4, -0.2) is 67.4 Å². The Labute approximate surface area is 163 Å². The monoisotopic (exact) mass is 368 g/mol. The van der Waals surface area contributed by atoms with Gasteiger partial charge in [0, 0.05) is 19.6 Å². The van der Waals surface area contributed by atoms with Crippen LogP contribution in [0, 0.1) is 0 Å². The second kappa shape index (κ2) is 9.47. The molecule has 0 amide bonds. The molecule has 0 radical (unpaired) electrons. The van der Waals surface area contributed by atoms with Gasteiger partial charge in [0.25, 0.3) is 0 Å². The molecule has 1 unspecified atom stereocenters. The Kier molecular flexibility index (Phi) is 7.02. The highest BCUT2D eigenvalue weighted by atomic mass is 16.5. The van der Waals surface area contributed by atoms with Crippen LogP contribution in [0.2, 0.25) is 0 Å². The van der Waals surface area contributed by atoms with Crippen LogP contribution in [-0.2, 0) is 4.74 Å². The first-order valence-electron chi connectivity index (χ1n) is 10.0. The standard InChI is InChI=1S/C23H32N2O2/c1-4-25(5-2)17-18(26)16-24(3)14-15-27-23-21-12-8-6-10-19(21)20-11-7-9-13-22(20)23/h6-13,18,23,26H,4-5,14-17H2,1-3H3. The van der Waals surface area contributed by atoms with E-state index in [9.17, 15) is 5.11 Å². The van der Waals surface area contributed by atoms with Crippen LogP contribution in [0.3, 0.4) is 0 Å². The first-order valence-corrected chi connectivity index (χ1v) is 10.0. The number of fused-ring (bicyclic) bond motifs is 3. The lowest BCUT2D eigenvalue weighted by Crippen LogP contribution is -2.39. The molecule has 2 aromatic carbocycles. The van der Waals surface area contributed by atoms with Crippen LogP contribution in [0.4, 0.5) is 0 Å². The molecular formula is C23H32N2O2. The molecule has 4 heteroatoms. The second-order valence-corrected chi connectivity index (χ2v) is 7.33. The molecule has 1 N–H and O–H groups in total. The van der Waals surface area contributed by atoms with Gasteiger partial charge in [0.1, 0.15) is 6.10 Å². The van der Waals surface area contributed by atoms with Gasteiger partial charge in [0.2, 0.25) is 0 Å². The first kappa shape index (κ1) is 20.0. The molecule has 0 heterocycles. The molecule has 1 aliphatic rings. The van der Waals surface area contributed by atoms with Gasteiger partial charge in [-0.15, -0.1) is 0 Å². The average molecular weight is 369 g/mol. The molecule has 1 aliphatic carbocycles. The largest absolute Gasteiger partial charge is 0.390 e. The lowest BCUT2D eigenvalue weighted by molar-refractivity contribution is 0.0465. The van der Waals surface area contributed by atoms with Crippen molar-refractivity contribution in [2.24, 2.45) is 0 Å². The van der Waals surface area contributed by atoms with Crippen molar-refractivity contribution >= 4 is 0 Å². The van der Waals surface area contributed by atoms with Crippen molar-refractivity contribution in [1.29, 1.82) is 0 Å².